The van der Waals surface area contributed by atoms with Gasteiger partial charge in [-0.05, 0) is 122 Å². The molecule has 19 heteroatoms. The van der Waals surface area contributed by atoms with Crippen LogP contribution in [0.25, 0.3) is 0 Å². The van der Waals surface area contributed by atoms with Gasteiger partial charge in [-0.1, -0.05) is 262 Å². The van der Waals surface area contributed by atoms with E-state index < -0.39 is 72.3 Å². The average molecular weight is 1430 g/mol. The summed E-state index contributed by atoms with van der Waals surface area (Å²) in [6.07, 6.45) is 73.5. The average Bonchev–Trinajstić information content (AvgIpc) is 1.55. The molecule has 0 aromatic rings. The van der Waals surface area contributed by atoms with Crippen molar-refractivity contribution in [2.75, 3.05) is 52.9 Å². The number of unbranched alkanes of at least 4 members (excludes halogenated alkanes) is 44. The van der Waals surface area contributed by atoms with Crippen LogP contribution in [-0.4, -0.2) is 111 Å². The Morgan fingerprint density at radius 3 is 1.05 bits per heavy atom. The van der Waals surface area contributed by atoms with E-state index in [1.54, 1.807) is 0 Å². The third-order valence-electron chi connectivity index (χ3n) is 17.3. The molecule has 5 atom stereocenters. The molecule has 574 valence electrons. The lowest BCUT2D eigenvalue weighted by Gasteiger charge is -2.21. The van der Waals surface area contributed by atoms with Gasteiger partial charge in [-0.15, -0.1) is 0 Å². The topological polar surface area (TPSA) is 237 Å². The first-order valence-electron chi connectivity index (χ1n) is 39.8. The molecule has 0 radical (unpaired) electrons. The van der Waals surface area contributed by atoms with Gasteiger partial charge in [0.25, 0.3) is 0 Å². The van der Waals surface area contributed by atoms with E-state index in [-0.39, 0.29) is 26.1 Å². The summed E-state index contributed by atoms with van der Waals surface area (Å²) in [5.74, 6) is -1.04. The quantitative estimate of drug-likeness (QED) is 0.0169. The fourth-order valence-corrected chi connectivity index (χ4v) is 12.8. The summed E-state index contributed by atoms with van der Waals surface area (Å²) in [7, 11) is -9.67. The van der Waals surface area contributed by atoms with E-state index >= 15 is 0 Å². The lowest BCUT2D eigenvalue weighted by atomic mass is 10.0. The highest BCUT2D eigenvalue weighted by Crippen LogP contribution is 2.45. The van der Waals surface area contributed by atoms with Crippen LogP contribution >= 0.6 is 15.6 Å². The summed E-state index contributed by atoms with van der Waals surface area (Å²) >= 11 is 0. The molecule has 0 aliphatic rings. The summed E-state index contributed by atoms with van der Waals surface area (Å²) in [6.45, 7) is 2.54. The van der Waals surface area contributed by atoms with Gasteiger partial charge in [-0.25, -0.2) is 9.13 Å². The number of phosphoric ester groups is 2. The summed E-state index contributed by atoms with van der Waals surface area (Å²) in [5, 5.41) is 10.6. The molecule has 0 aliphatic carbocycles. The van der Waals surface area contributed by atoms with E-state index in [0.29, 0.717) is 38.9 Å². The molecule has 0 aromatic carbocycles. The van der Waals surface area contributed by atoms with Crippen molar-refractivity contribution in [1.29, 1.82) is 0 Å². The van der Waals surface area contributed by atoms with Crippen LogP contribution in [0.5, 0.6) is 0 Å². The Hall–Kier alpha value is -2.66. The number of phosphoric acid groups is 2. The number of aldehydes is 2. The Labute approximate surface area is 597 Å². The Morgan fingerprint density at radius 2 is 0.643 bits per heavy atom. The van der Waals surface area contributed by atoms with Crippen molar-refractivity contribution in [1.82, 2.24) is 0 Å². The number of carbonyl (C=O) groups excluding carboxylic acids is 4. The van der Waals surface area contributed by atoms with Crippen LogP contribution < -0.4 is 0 Å². The summed E-state index contributed by atoms with van der Waals surface area (Å²) < 4.78 is 70.0. The molecule has 17 nitrogen and oxygen atoms in total. The van der Waals surface area contributed by atoms with E-state index in [1.807, 2.05) is 0 Å². The van der Waals surface area contributed by atoms with Gasteiger partial charge in [0.2, 0.25) is 0 Å². The zero-order valence-electron chi connectivity index (χ0n) is 62.3. The molecule has 0 spiro atoms. The van der Waals surface area contributed by atoms with Crippen molar-refractivity contribution in [3.8, 4) is 0 Å². The molecular weight excluding hydrogens is 1280 g/mol. The van der Waals surface area contributed by atoms with Crippen molar-refractivity contribution < 1.29 is 80.2 Å². The Kier molecular flexibility index (Phi) is 73.4. The molecule has 98 heavy (non-hydrogen) atoms. The number of rotatable bonds is 80. The van der Waals surface area contributed by atoms with Gasteiger partial charge in [-0.3, -0.25) is 27.7 Å². The number of hydrogen-bond acceptors (Lipinski definition) is 15. The first-order chi connectivity index (χ1) is 47.9. The minimum absolute atomic E-state index is 0.107. The maximum absolute atomic E-state index is 13.1. The standard InChI is InChI=1S/C79H146O17P2/c1-3-5-7-9-11-13-15-17-22-28-34-40-46-52-58-64-79(84)96-77(72-91-78(83)63-57-51-45-39-33-27-16-14-12-10-8-6-4-2)74-95-98(87,88)93-70-75(82)69-92-97(85,86)94-73-76(90-68-62-56-50-44-38-32-26-21-19-24-30-36-42-48-54-60-66-81)71-89-67-61-55-49-43-37-31-25-20-18-23-29-35-41-47-53-59-65-80/h11,13,17-19,22-24,65-66,75-77,82H,3-10,12,14-16,20-21,25-64,67-74H2,1-2H3,(H,85,86)(H,87,88)/b13-11-,22-17-,23-18-,24-19-/t75-,76-,77-/m1/s1. The third-order valence-corrected chi connectivity index (χ3v) is 19.2. The fraction of sp³-hybridized carbons (Fsp3) is 0.848. The maximum atomic E-state index is 13.1. The molecule has 0 amide bonds. The monoisotopic (exact) mass is 1430 g/mol. The minimum Gasteiger partial charge on any atom is -0.462 e. The molecule has 2 unspecified atom stereocenters. The number of esters is 2. The van der Waals surface area contributed by atoms with Gasteiger partial charge in [0.05, 0.1) is 33.0 Å². The SMILES string of the molecule is CCCCC/C=C\C/C=C\CCCCCCCC(=O)O[C@H](COC(=O)CCCCCCCCCCCCCCC)COP(=O)(O)OC[C@H](O)COP(=O)(O)OC[C@@H](COCCCCCCCCC/C=C\CCCCCCC=O)OCCCCCCCCC/C=C\CCCCCCC=O. The zero-order chi connectivity index (χ0) is 71.5. The highest BCUT2D eigenvalue weighted by molar-refractivity contribution is 7.47. The van der Waals surface area contributed by atoms with E-state index in [2.05, 4.69) is 62.5 Å². The smallest absolute Gasteiger partial charge is 0.462 e. The van der Waals surface area contributed by atoms with Crippen molar-refractivity contribution in [3.05, 3.63) is 48.6 Å². The van der Waals surface area contributed by atoms with E-state index in [9.17, 15) is 43.2 Å². The molecular formula is C79H146O17P2. The van der Waals surface area contributed by atoms with Crippen LogP contribution in [0.4, 0.5) is 0 Å². The van der Waals surface area contributed by atoms with Gasteiger partial charge in [0.15, 0.2) is 6.10 Å². The van der Waals surface area contributed by atoms with Crippen LogP contribution in [0.2, 0.25) is 0 Å². The number of allylic oxidation sites excluding steroid dienone is 8. The molecule has 0 bridgehead atoms. The van der Waals surface area contributed by atoms with Crippen molar-refractivity contribution in [2.45, 2.75) is 379 Å². The summed E-state index contributed by atoms with van der Waals surface area (Å²) in [5.41, 5.74) is 0. The van der Waals surface area contributed by atoms with Gasteiger partial charge in [0.1, 0.15) is 31.4 Å². The van der Waals surface area contributed by atoms with Gasteiger partial charge in [0, 0.05) is 38.9 Å². The van der Waals surface area contributed by atoms with Gasteiger partial charge >= 0.3 is 27.6 Å². The van der Waals surface area contributed by atoms with Crippen molar-refractivity contribution >= 4 is 40.2 Å². The van der Waals surface area contributed by atoms with Gasteiger partial charge < -0.3 is 43.4 Å². The zero-order valence-corrected chi connectivity index (χ0v) is 64.1. The lowest BCUT2D eigenvalue weighted by molar-refractivity contribution is -0.161. The predicted molar refractivity (Wildman–Crippen MR) is 400 cm³/mol. The number of hydrogen-bond donors (Lipinski definition) is 3. The molecule has 0 fully saturated rings. The molecule has 3 N–H and O–H groups in total. The second-order valence-corrected chi connectivity index (χ2v) is 29.8. The molecule has 0 saturated heterocycles. The predicted octanol–water partition coefficient (Wildman–Crippen LogP) is 22.2. The van der Waals surface area contributed by atoms with Crippen LogP contribution in [-0.2, 0) is 65.4 Å². The normalized spacial score (nSPS) is 14.2. The Morgan fingerprint density at radius 1 is 0.337 bits per heavy atom. The third kappa shape index (κ3) is 74.5. The highest BCUT2D eigenvalue weighted by atomic mass is 31.2. The lowest BCUT2D eigenvalue weighted by Crippen LogP contribution is -2.30. The summed E-state index contributed by atoms with van der Waals surface area (Å²) in [6, 6.07) is 0. The van der Waals surface area contributed by atoms with Crippen LogP contribution in [0.3, 0.4) is 0 Å². The number of ether oxygens (including phenoxy) is 4. The Bertz CT molecular complexity index is 1980. The largest absolute Gasteiger partial charge is 0.472 e. The van der Waals surface area contributed by atoms with E-state index in [4.69, 9.17) is 37.0 Å². The number of aliphatic hydroxyl groups is 1. The number of aliphatic hydroxyl groups excluding tert-OH is 1. The van der Waals surface area contributed by atoms with Crippen molar-refractivity contribution in [2.24, 2.45) is 0 Å². The molecule has 0 saturated carbocycles. The molecule has 0 aliphatic heterocycles. The first kappa shape index (κ1) is 95.3. The van der Waals surface area contributed by atoms with Crippen LogP contribution in [0.1, 0.15) is 361 Å². The molecule has 0 aromatic heterocycles. The second kappa shape index (κ2) is 75.5. The first-order valence-corrected chi connectivity index (χ1v) is 42.8. The maximum Gasteiger partial charge on any atom is 0.472 e. The second-order valence-electron chi connectivity index (χ2n) is 26.9. The minimum atomic E-state index is -4.91. The highest BCUT2D eigenvalue weighted by Gasteiger charge is 2.30. The van der Waals surface area contributed by atoms with E-state index in [0.717, 1.165) is 173 Å². The van der Waals surface area contributed by atoms with Crippen molar-refractivity contribution in [3.63, 3.8) is 0 Å². The van der Waals surface area contributed by atoms with Gasteiger partial charge in [-0.2, -0.15) is 0 Å². The Balaban J connectivity index is 5.18. The summed E-state index contributed by atoms with van der Waals surface area (Å²) in [4.78, 5) is 68.0. The van der Waals surface area contributed by atoms with Crippen LogP contribution in [0.15, 0.2) is 48.6 Å². The van der Waals surface area contributed by atoms with Crippen LogP contribution in [0, 0.1) is 0 Å². The molecule has 0 heterocycles. The molecule has 0 rings (SSSR count). The number of carbonyl (C=O) groups is 4. The fourth-order valence-electron chi connectivity index (χ4n) is 11.2. The van der Waals surface area contributed by atoms with E-state index in [1.165, 1.54) is 148 Å².